The first-order valence-corrected chi connectivity index (χ1v) is 10.6. The summed E-state index contributed by atoms with van der Waals surface area (Å²) in [5.41, 5.74) is 1.25. The van der Waals surface area contributed by atoms with Crippen LogP contribution < -0.4 is 14.4 Å². The van der Waals surface area contributed by atoms with Crippen molar-refractivity contribution in [3.05, 3.63) is 54.1 Å². The van der Waals surface area contributed by atoms with Gasteiger partial charge < -0.3 is 10.1 Å². The molecule has 0 aliphatic heterocycles. The van der Waals surface area contributed by atoms with Gasteiger partial charge in [0.2, 0.25) is 15.9 Å². The number of Topliss-reactive ketones (excluding diaryl/α,β-unsaturated/α-hetero) is 1. The minimum Gasteiger partial charge on any atom is -0.497 e. The molecular weight excluding hydrogens is 380 g/mol. The van der Waals surface area contributed by atoms with E-state index in [2.05, 4.69) is 5.32 Å². The van der Waals surface area contributed by atoms with E-state index in [1.165, 1.54) is 14.0 Å². The molecule has 1 atom stereocenters. The lowest BCUT2D eigenvalue weighted by molar-refractivity contribution is -0.117. The van der Waals surface area contributed by atoms with E-state index in [4.69, 9.17) is 4.74 Å². The SMILES string of the molecule is CC[C@@H](C(=O)Nc1cccc(C(C)=O)c1)N(c1ccc(OC)cc1)S(C)(=O)=O. The Morgan fingerprint density at radius 2 is 1.79 bits per heavy atom. The van der Waals surface area contributed by atoms with Crippen molar-refractivity contribution >= 4 is 33.1 Å². The molecule has 0 radical (unpaired) electrons. The third-order valence-corrected chi connectivity index (χ3v) is 5.37. The quantitative estimate of drug-likeness (QED) is 0.683. The molecule has 0 aromatic heterocycles. The third kappa shape index (κ3) is 5.10. The Hall–Kier alpha value is -2.87. The van der Waals surface area contributed by atoms with Crippen LogP contribution in [0.2, 0.25) is 0 Å². The average molecular weight is 404 g/mol. The smallest absolute Gasteiger partial charge is 0.248 e. The van der Waals surface area contributed by atoms with Gasteiger partial charge in [0.05, 0.1) is 19.1 Å². The molecule has 2 aromatic rings. The Labute approximate surface area is 165 Å². The molecule has 0 aliphatic rings. The van der Waals surface area contributed by atoms with Gasteiger partial charge in [0.25, 0.3) is 0 Å². The van der Waals surface area contributed by atoms with Gasteiger partial charge in [-0.25, -0.2) is 8.42 Å². The number of nitrogens with zero attached hydrogens (tertiary/aromatic N) is 1. The number of amides is 1. The van der Waals surface area contributed by atoms with Crippen molar-refractivity contribution in [2.24, 2.45) is 0 Å². The molecule has 0 unspecified atom stereocenters. The van der Waals surface area contributed by atoms with Gasteiger partial charge in [-0.1, -0.05) is 19.1 Å². The van der Waals surface area contributed by atoms with E-state index in [0.717, 1.165) is 10.6 Å². The number of sulfonamides is 1. The van der Waals surface area contributed by atoms with Crippen molar-refractivity contribution in [1.82, 2.24) is 0 Å². The molecule has 2 aromatic carbocycles. The van der Waals surface area contributed by atoms with Gasteiger partial charge in [0, 0.05) is 11.3 Å². The lowest BCUT2D eigenvalue weighted by Gasteiger charge is -2.30. The van der Waals surface area contributed by atoms with Crippen LogP contribution in [0.5, 0.6) is 5.75 Å². The summed E-state index contributed by atoms with van der Waals surface area (Å²) in [4.78, 5) is 24.4. The van der Waals surface area contributed by atoms with Crippen molar-refractivity contribution in [2.45, 2.75) is 26.3 Å². The standard InChI is InChI=1S/C20H24N2O5S/c1-5-19(20(24)21-16-8-6-7-15(13-16)14(2)23)22(28(4,25)26)17-9-11-18(27-3)12-10-17/h6-13,19H,5H2,1-4H3,(H,21,24)/t19-/m0/s1. The van der Waals surface area contributed by atoms with Gasteiger partial charge in [0.15, 0.2) is 5.78 Å². The molecule has 7 nitrogen and oxygen atoms in total. The zero-order chi connectivity index (χ0) is 20.9. The van der Waals surface area contributed by atoms with Crippen LogP contribution in [0, 0.1) is 0 Å². The number of carbonyl (C=O) groups excluding carboxylic acids is 2. The van der Waals surface area contributed by atoms with E-state index in [0.29, 0.717) is 22.7 Å². The first-order valence-electron chi connectivity index (χ1n) is 8.72. The normalized spacial score (nSPS) is 12.1. The summed E-state index contributed by atoms with van der Waals surface area (Å²) in [6.45, 7) is 3.17. The molecule has 1 amide bonds. The van der Waals surface area contributed by atoms with Gasteiger partial charge >= 0.3 is 0 Å². The molecule has 2 rings (SSSR count). The Balaban J connectivity index is 2.36. The van der Waals surface area contributed by atoms with E-state index >= 15 is 0 Å². The lowest BCUT2D eigenvalue weighted by atomic mass is 10.1. The van der Waals surface area contributed by atoms with Crippen LogP contribution in [0.25, 0.3) is 0 Å². The second kappa shape index (κ2) is 8.88. The maximum absolute atomic E-state index is 12.9. The molecule has 0 bridgehead atoms. The summed E-state index contributed by atoms with van der Waals surface area (Å²) in [6, 6.07) is 12.0. The Bertz CT molecular complexity index is 955. The number of ketones is 1. The number of nitrogens with one attached hydrogen (secondary N) is 1. The highest BCUT2D eigenvalue weighted by Gasteiger charge is 2.31. The number of hydrogen-bond donors (Lipinski definition) is 1. The summed E-state index contributed by atoms with van der Waals surface area (Å²) >= 11 is 0. The highest BCUT2D eigenvalue weighted by Crippen LogP contribution is 2.25. The largest absolute Gasteiger partial charge is 0.497 e. The van der Waals surface area contributed by atoms with Crippen LogP contribution in [0.15, 0.2) is 48.5 Å². The summed E-state index contributed by atoms with van der Waals surface area (Å²) in [5, 5.41) is 2.71. The Morgan fingerprint density at radius 3 is 2.29 bits per heavy atom. The fourth-order valence-electron chi connectivity index (χ4n) is 2.83. The molecule has 28 heavy (non-hydrogen) atoms. The Morgan fingerprint density at radius 1 is 1.14 bits per heavy atom. The van der Waals surface area contributed by atoms with Crippen molar-refractivity contribution in [2.75, 3.05) is 23.0 Å². The molecule has 0 saturated heterocycles. The summed E-state index contributed by atoms with van der Waals surface area (Å²) in [5.74, 6) is -0.0284. The van der Waals surface area contributed by atoms with Crippen molar-refractivity contribution in [3.8, 4) is 5.75 Å². The topological polar surface area (TPSA) is 92.8 Å². The lowest BCUT2D eigenvalue weighted by Crippen LogP contribution is -2.47. The monoisotopic (exact) mass is 404 g/mol. The molecule has 8 heteroatoms. The van der Waals surface area contributed by atoms with E-state index in [9.17, 15) is 18.0 Å². The zero-order valence-electron chi connectivity index (χ0n) is 16.3. The fourth-order valence-corrected chi connectivity index (χ4v) is 4.04. The molecule has 0 saturated carbocycles. The minimum absolute atomic E-state index is 0.126. The highest BCUT2D eigenvalue weighted by atomic mass is 32.2. The molecule has 0 spiro atoms. The van der Waals surface area contributed by atoms with Crippen LogP contribution in [-0.4, -0.2) is 39.5 Å². The van der Waals surface area contributed by atoms with E-state index < -0.39 is 22.0 Å². The predicted octanol–water partition coefficient (Wildman–Crippen LogP) is 3.08. The van der Waals surface area contributed by atoms with Crippen molar-refractivity contribution in [3.63, 3.8) is 0 Å². The minimum atomic E-state index is -3.73. The number of anilines is 2. The molecule has 0 aliphatic carbocycles. The second-order valence-electron chi connectivity index (χ2n) is 6.31. The van der Waals surface area contributed by atoms with Gasteiger partial charge in [-0.05, 0) is 49.7 Å². The maximum Gasteiger partial charge on any atom is 0.248 e. The summed E-state index contributed by atoms with van der Waals surface area (Å²) < 4.78 is 31.1. The summed E-state index contributed by atoms with van der Waals surface area (Å²) in [7, 11) is -2.22. The van der Waals surface area contributed by atoms with Gasteiger partial charge in [-0.15, -0.1) is 0 Å². The van der Waals surface area contributed by atoms with E-state index in [-0.39, 0.29) is 12.2 Å². The number of methoxy groups -OCH3 is 1. The van der Waals surface area contributed by atoms with Gasteiger partial charge in [0.1, 0.15) is 11.8 Å². The predicted molar refractivity (Wildman–Crippen MR) is 109 cm³/mol. The average Bonchev–Trinajstić information content (AvgIpc) is 2.65. The van der Waals surface area contributed by atoms with Crippen molar-refractivity contribution in [1.29, 1.82) is 0 Å². The molecular formula is C20H24N2O5S. The number of ether oxygens (including phenoxy) is 1. The van der Waals surface area contributed by atoms with E-state index in [1.807, 2.05) is 0 Å². The first kappa shape index (κ1) is 21.4. The molecule has 0 fully saturated rings. The van der Waals surface area contributed by atoms with Crippen LogP contribution in [0.3, 0.4) is 0 Å². The number of benzene rings is 2. The van der Waals surface area contributed by atoms with Crippen LogP contribution in [0.4, 0.5) is 11.4 Å². The van der Waals surface area contributed by atoms with Crippen LogP contribution in [0.1, 0.15) is 30.6 Å². The molecule has 150 valence electrons. The van der Waals surface area contributed by atoms with Crippen LogP contribution >= 0.6 is 0 Å². The third-order valence-electron chi connectivity index (χ3n) is 4.19. The van der Waals surface area contributed by atoms with Crippen molar-refractivity contribution < 1.29 is 22.7 Å². The number of rotatable bonds is 8. The summed E-state index contributed by atoms with van der Waals surface area (Å²) in [6.07, 6.45) is 1.32. The molecule has 0 heterocycles. The van der Waals surface area contributed by atoms with Gasteiger partial charge in [-0.3, -0.25) is 13.9 Å². The Kier molecular flexibility index (Phi) is 6.80. The van der Waals surface area contributed by atoms with Crippen LogP contribution in [-0.2, 0) is 14.8 Å². The zero-order valence-corrected chi connectivity index (χ0v) is 17.1. The van der Waals surface area contributed by atoms with E-state index in [1.54, 1.807) is 55.5 Å². The second-order valence-corrected chi connectivity index (χ2v) is 8.17. The maximum atomic E-state index is 12.9. The number of hydrogen-bond acceptors (Lipinski definition) is 5. The highest BCUT2D eigenvalue weighted by molar-refractivity contribution is 7.92. The number of carbonyl (C=O) groups is 2. The fraction of sp³-hybridized carbons (Fsp3) is 0.300. The molecule has 1 N–H and O–H groups in total. The first-order chi connectivity index (χ1) is 13.2. The van der Waals surface area contributed by atoms with Gasteiger partial charge in [-0.2, -0.15) is 0 Å².